The van der Waals surface area contributed by atoms with E-state index in [1.54, 1.807) is 13.1 Å². The molecule has 1 aromatic carbocycles. The maximum atomic E-state index is 11.2. The standard InChI is InChI=1S/C18H28N4O/c1-20-18(21-11-5-9-14-6-2-3-7-14)22-13-15-8-4-10-16(12-15)17(19)23/h4,8,10,12,14H,2-3,5-7,9,11,13H2,1H3,(H2,19,23)(H2,20,21,22). The van der Waals surface area contributed by atoms with Gasteiger partial charge >= 0.3 is 0 Å². The van der Waals surface area contributed by atoms with Crippen LogP contribution in [-0.4, -0.2) is 25.5 Å². The lowest BCUT2D eigenvalue weighted by Gasteiger charge is -2.13. The fourth-order valence-electron chi connectivity index (χ4n) is 3.14. The molecule has 5 heteroatoms. The summed E-state index contributed by atoms with van der Waals surface area (Å²) in [6.07, 6.45) is 8.12. The zero-order valence-electron chi connectivity index (χ0n) is 14.0. The Morgan fingerprint density at radius 2 is 2.09 bits per heavy atom. The maximum Gasteiger partial charge on any atom is 0.248 e. The third kappa shape index (κ3) is 5.93. The Morgan fingerprint density at radius 1 is 1.30 bits per heavy atom. The lowest BCUT2D eigenvalue weighted by atomic mass is 10.0. The molecule has 0 bridgehead atoms. The van der Waals surface area contributed by atoms with E-state index in [2.05, 4.69) is 15.6 Å². The molecule has 4 N–H and O–H groups in total. The SMILES string of the molecule is CN=C(NCCCC1CCCC1)NCc1cccc(C(N)=O)c1. The first-order valence-electron chi connectivity index (χ1n) is 8.52. The zero-order valence-corrected chi connectivity index (χ0v) is 14.0. The van der Waals surface area contributed by atoms with E-state index in [1.165, 1.54) is 38.5 Å². The normalized spacial score (nSPS) is 15.6. The molecule has 1 aliphatic rings. The number of carbonyl (C=O) groups is 1. The molecular formula is C18H28N4O. The van der Waals surface area contributed by atoms with Gasteiger partial charge in [0.1, 0.15) is 0 Å². The van der Waals surface area contributed by atoms with Gasteiger partial charge in [-0.2, -0.15) is 0 Å². The van der Waals surface area contributed by atoms with Gasteiger partial charge in [-0.05, 0) is 36.5 Å². The molecule has 1 fully saturated rings. The van der Waals surface area contributed by atoms with Crippen molar-refractivity contribution in [2.45, 2.75) is 45.1 Å². The van der Waals surface area contributed by atoms with E-state index in [1.807, 2.05) is 18.2 Å². The van der Waals surface area contributed by atoms with Gasteiger partial charge in [0.25, 0.3) is 0 Å². The molecule has 0 aliphatic heterocycles. The van der Waals surface area contributed by atoms with Gasteiger partial charge in [0.05, 0.1) is 0 Å². The van der Waals surface area contributed by atoms with Gasteiger partial charge < -0.3 is 16.4 Å². The topological polar surface area (TPSA) is 79.5 Å². The summed E-state index contributed by atoms with van der Waals surface area (Å²) in [5.74, 6) is 1.32. The highest BCUT2D eigenvalue weighted by atomic mass is 16.1. The van der Waals surface area contributed by atoms with E-state index < -0.39 is 5.91 Å². The van der Waals surface area contributed by atoms with Crippen LogP contribution in [0.4, 0.5) is 0 Å². The second-order valence-electron chi connectivity index (χ2n) is 6.21. The Kier molecular flexibility index (Phi) is 6.91. The molecule has 0 radical (unpaired) electrons. The second-order valence-corrected chi connectivity index (χ2v) is 6.21. The number of nitrogens with zero attached hydrogens (tertiary/aromatic N) is 1. The summed E-state index contributed by atoms with van der Waals surface area (Å²) in [5, 5.41) is 6.62. The number of hydrogen-bond donors (Lipinski definition) is 3. The van der Waals surface area contributed by atoms with Crippen molar-refractivity contribution in [3.8, 4) is 0 Å². The van der Waals surface area contributed by atoms with E-state index in [4.69, 9.17) is 5.73 Å². The molecule has 1 aliphatic carbocycles. The van der Waals surface area contributed by atoms with E-state index >= 15 is 0 Å². The van der Waals surface area contributed by atoms with E-state index in [0.717, 1.165) is 24.0 Å². The van der Waals surface area contributed by atoms with Crippen LogP contribution < -0.4 is 16.4 Å². The third-order valence-corrected chi connectivity index (χ3v) is 4.45. The van der Waals surface area contributed by atoms with Crippen molar-refractivity contribution in [2.75, 3.05) is 13.6 Å². The summed E-state index contributed by atoms with van der Waals surface area (Å²) < 4.78 is 0. The second kappa shape index (κ2) is 9.18. The highest BCUT2D eigenvalue weighted by Gasteiger charge is 2.13. The average Bonchev–Trinajstić information content (AvgIpc) is 3.08. The molecule has 1 saturated carbocycles. The van der Waals surface area contributed by atoms with Crippen LogP contribution in [-0.2, 0) is 6.54 Å². The predicted molar refractivity (Wildman–Crippen MR) is 94.4 cm³/mol. The number of carbonyl (C=O) groups excluding carboxylic acids is 1. The van der Waals surface area contributed by atoms with Crippen LogP contribution in [0.15, 0.2) is 29.3 Å². The molecule has 0 saturated heterocycles. The number of primary amides is 1. The Hall–Kier alpha value is -2.04. The molecule has 1 aromatic rings. The highest BCUT2D eigenvalue weighted by Crippen LogP contribution is 2.28. The van der Waals surface area contributed by atoms with Gasteiger partial charge in [-0.15, -0.1) is 0 Å². The van der Waals surface area contributed by atoms with Crippen molar-refractivity contribution in [3.63, 3.8) is 0 Å². The quantitative estimate of drug-likeness (QED) is 0.410. The number of amides is 1. The smallest absolute Gasteiger partial charge is 0.248 e. The van der Waals surface area contributed by atoms with Gasteiger partial charge in [-0.3, -0.25) is 9.79 Å². The molecule has 0 aromatic heterocycles. The summed E-state index contributed by atoms with van der Waals surface area (Å²) in [6, 6.07) is 7.34. The van der Waals surface area contributed by atoms with Gasteiger partial charge in [0, 0.05) is 25.7 Å². The molecule has 23 heavy (non-hydrogen) atoms. The minimum Gasteiger partial charge on any atom is -0.366 e. The molecule has 2 rings (SSSR count). The first-order valence-corrected chi connectivity index (χ1v) is 8.52. The summed E-state index contributed by atoms with van der Waals surface area (Å²) in [4.78, 5) is 15.4. The van der Waals surface area contributed by atoms with Crippen LogP contribution in [0.2, 0.25) is 0 Å². The summed E-state index contributed by atoms with van der Waals surface area (Å²) in [5.41, 5.74) is 6.84. The van der Waals surface area contributed by atoms with Gasteiger partial charge in [0.2, 0.25) is 5.91 Å². The molecule has 0 unspecified atom stereocenters. The van der Waals surface area contributed by atoms with Crippen LogP contribution >= 0.6 is 0 Å². The Bertz CT molecular complexity index is 536. The number of benzene rings is 1. The lowest BCUT2D eigenvalue weighted by molar-refractivity contribution is 0.1000. The number of aliphatic imine (C=N–C) groups is 1. The van der Waals surface area contributed by atoms with Crippen molar-refractivity contribution in [3.05, 3.63) is 35.4 Å². The number of nitrogens with two attached hydrogens (primary N) is 1. The van der Waals surface area contributed by atoms with E-state index in [0.29, 0.717) is 12.1 Å². The number of hydrogen-bond acceptors (Lipinski definition) is 2. The summed E-state index contributed by atoms with van der Waals surface area (Å²) in [6.45, 7) is 1.56. The monoisotopic (exact) mass is 316 g/mol. The minimum absolute atomic E-state index is 0.402. The number of nitrogens with one attached hydrogen (secondary N) is 2. The minimum atomic E-state index is -0.402. The predicted octanol–water partition coefficient (Wildman–Crippen LogP) is 2.42. The van der Waals surface area contributed by atoms with Gasteiger partial charge in [-0.1, -0.05) is 37.8 Å². The summed E-state index contributed by atoms with van der Waals surface area (Å²) >= 11 is 0. The largest absolute Gasteiger partial charge is 0.366 e. The molecule has 126 valence electrons. The molecule has 0 atom stereocenters. The average molecular weight is 316 g/mol. The Morgan fingerprint density at radius 3 is 2.78 bits per heavy atom. The van der Waals surface area contributed by atoms with Gasteiger partial charge in [0.15, 0.2) is 5.96 Å². The number of guanidine groups is 1. The lowest BCUT2D eigenvalue weighted by Crippen LogP contribution is -2.37. The molecule has 1 amide bonds. The molecule has 0 spiro atoms. The molecule has 0 heterocycles. The van der Waals surface area contributed by atoms with Crippen molar-refractivity contribution in [2.24, 2.45) is 16.6 Å². The van der Waals surface area contributed by atoms with Crippen molar-refractivity contribution in [1.29, 1.82) is 0 Å². The first kappa shape index (κ1) is 17.3. The Labute approximate surface area is 138 Å². The van der Waals surface area contributed by atoms with Crippen molar-refractivity contribution in [1.82, 2.24) is 10.6 Å². The first-order chi connectivity index (χ1) is 11.2. The van der Waals surface area contributed by atoms with Crippen LogP contribution in [0.5, 0.6) is 0 Å². The van der Waals surface area contributed by atoms with Crippen LogP contribution in [0.3, 0.4) is 0 Å². The van der Waals surface area contributed by atoms with Crippen LogP contribution in [0.1, 0.15) is 54.4 Å². The van der Waals surface area contributed by atoms with E-state index in [-0.39, 0.29) is 0 Å². The maximum absolute atomic E-state index is 11.2. The fraction of sp³-hybridized carbons (Fsp3) is 0.556. The Balaban J connectivity index is 1.70. The zero-order chi connectivity index (χ0) is 16.5. The molecular weight excluding hydrogens is 288 g/mol. The number of rotatable bonds is 7. The van der Waals surface area contributed by atoms with E-state index in [9.17, 15) is 4.79 Å². The molecule has 5 nitrogen and oxygen atoms in total. The highest BCUT2D eigenvalue weighted by molar-refractivity contribution is 5.92. The summed E-state index contributed by atoms with van der Waals surface area (Å²) in [7, 11) is 1.77. The third-order valence-electron chi connectivity index (χ3n) is 4.45. The van der Waals surface area contributed by atoms with Crippen LogP contribution in [0.25, 0.3) is 0 Å². The van der Waals surface area contributed by atoms with Gasteiger partial charge in [-0.25, -0.2) is 0 Å². The fourth-order valence-corrected chi connectivity index (χ4v) is 3.14. The van der Waals surface area contributed by atoms with Crippen LogP contribution in [0, 0.1) is 5.92 Å². The van der Waals surface area contributed by atoms with Crippen molar-refractivity contribution < 1.29 is 4.79 Å². The van der Waals surface area contributed by atoms with Crippen molar-refractivity contribution >= 4 is 11.9 Å².